The van der Waals surface area contributed by atoms with Crippen LogP contribution in [0.15, 0.2) is 24.5 Å². The Morgan fingerprint density at radius 3 is 3.04 bits per heavy atom. The predicted molar refractivity (Wildman–Crippen MR) is 85.4 cm³/mol. The molecule has 0 radical (unpaired) electrons. The predicted octanol–water partition coefficient (Wildman–Crippen LogP) is 3.35. The second kappa shape index (κ2) is 6.23. The molecule has 2 heterocycles. The van der Waals surface area contributed by atoms with Crippen LogP contribution in [0.5, 0.6) is 0 Å². The summed E-state index contributed by atoms with van der Waals surface area (Å²) in [6.45, 7) is 2.61. The molecular formula is C19H25NO3. The van der Waals surface area contributed by atoms with Crippen molar-refractivity contribution in [1.29, 1.82) is 0 Å². The van der Waals surface area contributed by atoms with Gasteiger partial charge in [-0.05, 0) is 43.2 Å². The molecule has 1 aliphatic heterocycles. The number of hydrogen-bond acceptors (Lipinski definition) is 4. The van der Waals surface area contributed by atoms with E-state index in [4.69, 9.17) is 9.47 Å². The molecule has 1 saturated heterocycles. The zero-order valence-electron chi connectivity index (χ0n) is 13.7. The third-order valence-electron chi connectivity index (χ3n) is 6.10. The lowest BCUT2D eigenvalue weighted by Crippen LogP contribution is -2.48. The SMILES string of the molecule is CC1OC(=O)C2CC3CCCCC3C(OCc3cccnc3)C12. The highest BCUT2D eigenvalue weighted by molar-refractivity contribution is 5.75. The maximum atomic E-state index is 12.2. The van der Waals surface area contributed by atoms with Crippen LogP contribution in [0.2, 0.25) is 0 Å². The molecule has 3 aliphatic rings. The molecule has 124 valence electrons. The molecule has 0 N–H and O–H groups in total. The van der Waals surface area contributed by atoms with E-state index in [2.05, 4.69) is 4.98 Å². The lowest BCUT2D eigenvalue weighted by molar-refractivity contribution is -0.145. The van der Waals surface area contributed by atoms with E-state index < -0.39 is 0 Å². The Hall–Kier alpha value is -1.42. The first-order chi connectivity index (χ1) is 11.2. The second-order valence-corrected chi connectivity index (χ2v) is 7.41. The van der Waals surface area contributed by atoms with Gasteiger partial charge in [-0.25, -0.2) is 0 Å². The van der Waals surface area contributed by atoms with E-state index in [1.807, 2.05) is 25.3 Å². The van der Waals surface area contributed by atoms with Gasteiger partial charge in [-0.2, -0.15) is 0 Å². The topological polar surface area (TPSA) is 48.4 Å². The first-order valence-corrected chi connectivity index (χ1v) is 8.95. The number of nitrogens with zero attached hydrogens (tertiary/aromatic N) is 1. The van der Waals surface area contributed by atoms with E-state index in [0.29, 0.717) is 18.4 Å². The number of fused-ring (bicyclic) bond motifs is 2. The molecule has 4 heteroatoms. The van der Waals surface area contributed by atoms with E-state index in [1.54, 1.807) is 6.20 Å². The van der Waals surface area contributed by atoms with Gasteiger partial charge in [0.15, 0.2) is 0 Å². The van der Waals surface area contributed by atoms with Crippen LogP contribution >= 0.6 is 0 Å². The van der Waals surface area contributed by atoms with Gasteiger partial charge >= 0.3 is 5.97 Å². The molecule has 4 rings (SSSR count). The maximum Gasteiger partial charge on any atom is 0.309 e. The van der Waals surface area contributed by atoms with Crippen LogP contribution < -0.4 is 0 Å². The minimum Gasteiger partial charge on any atom is -0.462 e. The molecule has 0 aromatic carbocycles. The van der Waals surface area contributed by atoms with Crippen molar-refractivity contribution in [1.82, 2.24) is 4.98 Å². The van der Waals surface area contributed by atoms with Crippen LogP contribution in [0.4, 0.5) is 0 Å². The fourth-order valence-corrected chi connectivity index (χ4v) is 5.07. The molecule has 0 spiro atoms. The van der Waals surface area contributed by atoms with Crippen molar-refractivity contribution in [3.8, 4) is 0 Å². The summed E-state index contributed by atoms with van der Waals surface area (Å²) in [5.41, 5.74) is 1.10. The Labute approximate surface area is 137 Å². The lowest BCUT2D eigenvalue weighted by atomic mass is 9.61. The van der Waals surface area contributed by atoms with Gasteiger partial charge in [0, 0.05) is 18.3 Å². The van der Waals surface area contributed by atoms with E-state index in [0.717, 1.165) is 12.0 Å². The van der Waals surface area contributed by atoms with E-state index >= 15 is 0 Å². The number of pyridine rings is 1. The molecule has 0 amide bonds. The molecule has 0 bridgehead atoms. The average molecular weight is 315 g/mol. The number of ether oxygens (including phenoxy) is 2. The summed E-state index contributed by atoms with van der Waals surface area (Å²) >= 11 is 0. The monoisotopic (exact) mass is 315 g/mol. The minimum absolute atomic E-state index is 0.00139. The standard InChI is InChI=1S/C19H25NO3/c1-12-17-16(19(21)23-12)9-14-6-2-3-7-15(14)18(17)22-11-13-5-4-8-20-10-13/h4-5,8,10,12,14-18H,2-3,6-7,9,11H2,1H3. The average Bonchev–Trinajstić information content (AvgIpc) is 2.87. The molecular weight excluding hydrogens is 290 g/mol. The fraction of sp³-hybridized carbons (Fsp3) is 0.684. The van der Waals surface area contributed by atoms with Crippen molar-refractivity contribution in [2.45, 2.75) is 57.8 Å². The van der Waals surface area contributed by atoms with Crippen LogP contribution in [0.1, 0.15) is 44.6 Å². The number of rotatable bonds is 3. The number of esters is 1. The second-order valence-electron chi connectivity index (χ2n) is 7.41. The molecule has 6 unspecified atom stereocenters. The van der Waals surface area contributed by atoms with Crippen molar-refractivity contribution >= 4 is 5.97 Å². The fourth-order valence-electron chi connectivity index (χ4n) is 5.07. The molecule has 2 aliphatic carbocycles. The number of carbonyl (C=O) groups excluding carboxylic acids is 1. The smallest absolute Gasteiger partial charge is 0.309 e. The highest BCUT2D eigenvalue weighted by atomic mass is 16.6. The quantitative estimate of drug-likeness (QED) is 0.803. The van der Waals surface area contributed by atoms with Gasteiger partial charge in [0.1, 0.15) is 6.10 Å². The Morgan fingerprint density at radius 1 is 1.35 bits per heavy atom. The van der Waals surface area contributed by atoms with Crippen molar-refractivity contribution in [2.75, 3.05) is 0 Å². The van der Waals surface area contributed by atoms with Crippen LogP contribution in [-0.2, 0) is 20.9 Å². The third-order valence-corrected chi connectivity index (χ3v) is 6.10. The lowest BCUT2D eigenvalue weighted by Gasteiger charge is -2.46. The molecule has 1 aromatic rings. The normalized spacial score (nSPS) is 39.4. The largest absolute Gasteiger partial charge is 0.462 e. The first-order valence-electron chi connectivity index (χ1n) is 8.95. The summed E-state index contributed by atoms with van der Waals surface area (Å²) in [7, 11) is 0. The number of aromatic nitrogens is 1. The van der Waals surface area contributed by atoms with Gasteiger partial charge < -0.3 is 9.47 Å². The van der Waals surface area contributed by atoms with Gasteiger partial charge in [0.2, 0.25) is 0 Å². The van der Waals surface area contributed by atoms with Crippen molar-refractivity contribution < 1.29 is 14.3 Å². The zero-order valence-corrected chi connectivity index (χ0v) is 13.7. The molecule has 23 heavy (non-hydrogen) atoms. The Morgan fingerprint density at radius 2 is 2.22 bits per heavy atom. The van der Waals surface area contributed by atoms with E-state index in [9.17, 15) is 4.79 Å². The molecule has 2 saturated carbocycles. The summed E-state index contributed by atoms with van der Waals surface area (Å²) in [4.78, 5) is 16.4. The Balaban J connectivity index is 1.56. The van der Waals surface area contributed by atoms with Crippen LogP contribution in [-0.4, -0.2) is 23.2 Å². The maximum absolute atomic E-state index is 12.2. The highest BCUT2D eigenvalue weighted by Crippen LogP contribution is 2.51. The van der Waals surface area contributed by atoms with Gasteiger partial charge in [-0.1, -0.05) is 25.3 Å². The first kappa shape index (κ1) is 15.1. The van der Waals surface area contributed by atoms with Gasteiger partial charge in [0.05, 0.1) is 18.6 Å². The molecule has 3 fully saturated rings. The summed E-state index contributed by atoms with van der Waals surface area (Å²) in [6, 6.07) is 3.99. The van der Waals surface area contributed by atoms with Crippen LogP contribution in [0, 0.1) is 23.7 Å². The summed E-state index contributed by atoms with van der Waals surface area (Å²) < 4.78 is 12.0. The molecule has 6 atom stereocenters. The number of carbonyl (C=O) groups is 1. The van der Waals surface area contributed by atoms with E-state index in [-0.39, 0.29) is 30.0 Å². The number of hydrogen-bond donors (Lipinski definition) is 0. The molecule has 1 aromatic heterocycles. The molecule has 4 nitrogen and oxygen atoms in total. The number of cyclic esters (lactones) is 1. The zero-order chi connectivity index (χ0) is 15.8. The Bertz CT molecular complexity index is 561. The summed E-state index contributed by atoms with van der Waals surface area (Å²) in [5.74, 6) is 1.48. The van der Waals surface area contributed by atoms with Crippen LogP contribution in [0.25, 0.3) is 0 Å². The van der Waals surface area contributed by atoms with Crippen molar-refractivity contribution in [2.24, 2.45) is 23.7 Å². The highest BCUT2D eigenvalue weighted by Gasteiger charge is 2.55. The van der Waals surface area contributed by atoms with Crippen molar-refractivity contribution in [3.05, 3.63) is 30.1 Å². The van der Waals surface area contributed by atoms with Gasteiger partial charge in [0.25, 0.3) is 0 Å². The third kappa shape index (κ3) is 2.78. The van der Waals surface area contributed by atoms with Gasteiger partial charge in [-0.3, -0.25) is 9.78 Å². The van der Waals surface area contributed by atoms with Gasteiger partial charge in [-0.15, -0.1) is 0 Å². The summed E-state index contributed by atoms with van der Waals surface area (Å²) in [6.07, 6.45) is 9.81. The van der Waals surface area contributed by atoms with Crippen molar-refractivity contribution in [3.63, 3.8) is 0 Å². The van der Waals surface area contributed by atoms with E-state index in [1.165, 1.54) is 25.7 Å². The Kier molecular flexibility index (Phi) is 4.10. The minimum atomic E-state index is -0.0192. The summed E-state index contributed by atoms with van der Waals surface area (Å²) in [5, 5.41) is 0. The van der Waals surface area contributed by atoms with Crippen LogP contribution in [0.3, 0.4) is 0 Å².